The average Bonchev–Trinajstić information content (AvgIpc) is 1.14. The van der Waals surface area contributed by atoms with Crippen molar-refractivity contribution >= 4 is 18.2 Å². The molecule has 0 spiro atoms. The van der Waals surface area contributed by atoms with Crippen LogP contribution in [-0.4, -0.2) is 14.5 Å². The minimum atomic E-state index is -3.87. The van der Waals surface area contributed by atoms with Gasteiger partial charge in [0.2, 0.25) is 0 Å². The molecule has 56 valence electrons. The maximum atomic E-state index is 10.3. The van der Waals surface area contributed by atoms with Gasteiger partial charge in [0.05, 0.1) is 0 Å². The summed E-state index contributed by atoms with van der Waals surface area (Å²) < 4.78 is 9.94. The molecular formula is C4H11O3PS. The second-order valence-corrected chi connectivity index (χ2v) is 7.06. The standard InChI is InChI=1S/C4H11O3PS/c1-4(2,3)9-8(5,6)7/h1-3H3,(H2,5,6,7). The van der Waals surface area contributed by atoms with E-state index in [2.05, 4.69) is 0 Å². The van der Waals surface area contributed by atoms with Crippen molar-refractivity contribution in [1.82, 2.24) is 0 Å². The topological polar surface area (TPSA) is 57.5 Å². The van der Waals surface area contributed by atoms with Crippen molar-refractivity contribution in [3.8, 4) is 0 Å². The van der Waals surface area contributed by atoms with Gasteiger partial charge in [-0.15, -0.1) is 0 Å². The largest absolute Gasteiger partial charge is 0.384 e. The zero-order valence-electron chi connectivity index (χ0n) is 5.66. The molecule has 0 radical (unpaired) electrons. The smallest absolute Gasteiger partial charge is 0.317 e. The molecule has 0 saturated heterocycles. The fraction of sp³-hybridized carbons (Fsp3) is 1.00. The normalized spacial score (nSPS) is 13.9. The third-order valence-electron chi connectivity index (χ3n) is 0.393. The van der Waals surface area contributed by atoms with E-state index in [9.17, 15) is 4.57 Å². The second kappa shape index (κ2) is 2.62. The van der Waals surface area contributed by atoms with Crippen LogP contribution in [0.3, 0.4) is 0 Å². The summed E-state index contributed by atoms with van der Waals surface area (Å²) in [7, 11) is 0. The molecule has 0 aliphatic carbocycles. The van der Waals surface area contributed by atoms with Crippen molar-refractivity contribution in [2.45, 2.75) is 25.5 Å². The van der Waals surface area contributed by atoms with Crippen molar-refractivity contribution in [2.75, 3.05) is 0 Å². The van der Waals surface area contributed by atoms with Crippen LogP contribution in [0.5, 0.6) is 0 Å². The monoisotopic (exact) mass is 170 g/mol. The molecule has 0 atom stereocenters. The first kappa shape index (κ1) is 9.50. The summed E-state index contributed by atoms with van der Waals surface area (Å²) in [6.07, 6.45) is 0. The van der Waals surface area contributed by atoms with E-state index in [1.54, 1.807) is 20.8 Å². The Hall–Kier alpha value is 0.500. The van der Waals surface area contributed by atoms with Gasteiger partial charge in [-0.05, 0) is 11.4 Å². The van der Waals surface area contributed by atoms with E-state index in [0.29, 0.717) is 11.4 Å². The van der Waals surface area contributed by atoms with Crippen molar-refractivity contribution in [2.24, 2.45) is 0 Å². The van der Waals surface area contributed by atoms with Crippen molar-refractivity contribution < 1.29 is 14.4 Å². The fourth-order valence-electron chi connectivity index (χ4n) is 0.357. The molecule has 0 saturated carbocycles. The minimum Gasteiger partial charge on any atom is -0.317 e. The predicted molar refractivity (Wildman–Crippen MR) is 39.4 cm³/mol. The lowest BCUT2D eigenvalue weighted by atomic mass is 10.3. The first-order valence-electron chi connectivity index (χ1n) is 2.47. The Bertz CT molecular complexity index is 133. The summed E-state index contributed by atoms with van der Waals surface area (Å²) in [5.41, 5.74) is 0. The fourth-order valence-corrected chi connectivity index (χ4v) is 3.21. The molecule has 0 aromatic rings. The molecule has 9 heavy (non-hydrogen) atoms. The van der Waals surface area contributed by atoms with Gasteiger partial charge in [0, 0.05) is 4.75 Å². The lowest BCUT2D eigenvalue weighted by Gasteiger charge is -2.16. The lowest BCUT2D eigenvalue weighted by Crippen LogP contribution is -2.05. The molecule has 0 aromatic heterocycles. The van der Waals surface area contributed by atoms with E-state index >= 15 is 0 Å². The van der Waals surface area contributed by atoms with Crippen LogP contribution in [-0.2, 0) is 4.57 Å². The number of rotatable bonds is 1. The zero-order chi connectivity index (χ0) is 7.71. The van der Waals surface area contributed by atoms with E-state index in [1.807, 2.05) is 0 Å². The first-order chi connectivity index (χ1) is 3.71. The van der Waals surface area contributed by atoms with E-state index in [-0.39, 0.29) is 4.75 Å². The van der Waals surface area contributed by atoms with Gasteiger partial charge in [-0.3, -0.25) is 0 Å². The Morgan fingerprint density at radius 3 is 1.67 bits per heavy atom. The molecule has 2 N–H and O–H groups in total. The van der Waals surface area contributed by atoms with Gasteiger partial charge in [0.15, 0.2) is 0 Å². The molecule has 0 bridgehead atoms. The maximum absolute atomic E-state index is 10.3. The van der Waals surface area contributed by atoms with Crippen molar-refractivity contribution in [3.63, 3.8) is 0 Å². The van der Waals surface area contributed by atoms with Gasteiger partial charge in [0.1, 0.15) is 0 Å². The first-order valence-corrected chi connectivity index (χ1v) is 5.50. The van der Waals surface area contributed by atoms with Crippen LogP contribution in [0.2, 0.25) is 0 Å². The van der Waals surface area contributed by atoms with E-state index < -0.39 is 6.80 Å². The molecular weight excluding hydrogens is 159 g/mol. The van der Waals surface area contributed by atoms with Gasteiger partial charge in [-0.25, -0.2) is 4.57 Å². The van der Waals surface area contributed by atoms with Crippen LogP contribution >= 0.6 is 18.2 Å². The van der Waals surface area contributed by atoms with E-state index in [4.69, 9.17) is 9.79 Å². The molecule has 0 heterocycles. The molecule has 0 amide bonds. The number of hydrogen-bond acceptors (Lipinski definition) is 2. The van der Waals surface area contributed by atoms with Crippen molar-refractivity contribution in [3.05, 3.63) is 0 Å². The highest BCUT2D eigenvalue weighted by Gasteiger charge is 2.24. The van der Waals surface area contributed by atoms with Gasteiger partial charge in [0.25, 0.3) is 0 Å². The summed E-state index contributed by atoms with van der Waals surface area (Å²) in [4.78, 5) is 16.9. The van der Waals surface area contributed by atoms with Crippen molar-refractivity contribution in [1.29, 1.82) is 0 Å². The van der Waals surface area contributed by atoms with Crippen LogP contribution in [0.1, 0.15) is 20.8 Å². The van der Waals surface area contributed by atoms with Gasteiger partial charge >= 0.3 is 6.80 Å². The summed E-state index contributed by atoms with van der Waals surface area (Å²) in [5, 5.41) is 0. The highest BCUT2D eigenvalue weighted by atomic mass is 32.7. The SMILES string of the molecule is CC(C)(C)SP(=O)(O)O. The molecule has 0 aliphatic heterocycles. The molecule has 3 nitrogen and oxygen atoms in total. The molecule has 0 aliphatic rings. The van der Waals surface area contributed by atoms with Crippen LogP contribution in [0, 0.1) is 0 Å². The van der Waals surface area contributed by atoms with Gasteiger partial charge in [-0.2, -0.15) is 0 Å². The van der Waals surface area contributed by atoms with E-state index in [1.165, 1.54) is 0 Å². The third-order valence-corrected chi connectivity index (χ3v) is 3.54. The molecule has 0 aromatic carbocycles. The summed E-state index contributed by atoms with van der Waals surface area (Å²) in [6, 6.07) is 0. The molecule has 0 fully saturated rings. The maximum Gasteiger partial charge on any atom is 0.384 e. The van der Waals surface area contributed by atoms with Gasteiger partial charge < -0.3 is 9.79 Å². The quantitative estimate of drug-likeness (QED) is 0.587. The summed E-state index contributed by atoms with van der Waals surface area (Å²) in [6.45, 7) is 1.41. The lowest BCUT2D eigenvalue weighted by molar-refractivity contribution is 0.396. The molecule has 0 unspecified atom stereocenters. The Kier molecular flexibility index (Phi) is 2.77. The minimum absolute atomic E-state index is 0.362. The summed E-state index contributed by atoms with van der Waals surface area (Å²) >= 11 is 0.681. The van der Waals surface area contributed by atoms with Crippen LogP contribution in [0.15, 0.2) is 0 Å². The Labute approximate surface area is 58.8 Å². The van der Waals surface area contributed by atoms with Crippen LogP contribution < -0.4 is 0 Å². The molecule has 5 heteroatoms. The number of hydrogen-bond donors (Lipinski definition) is 2. The zero-order valence-corrected chi connectivity index (χ0v) is 7.37. The second-order valence-electron chi connectivity index (χ2n) is 2.69. The van der Waals surface area contributed by atoms with Crippen LogP contribution in [0.4, 0.5) is 0 Å². The summed E-state index contributed by atoms with van der Waals surface area (Å²) in [5.74, 6) is 0. The van der Waals surface area contributed by atoms with Crippen LogP contribution in [0.25, 0.3) is 0 Å². The van der Waals surface area contributed by atoms with Gasteiger partial charge in [-0.1, -0.05) is 20.8 Å². The predicted octanol–water partition coefficient (Wildman–Crippen LogP) is 1.61. The Balaban J connectivity index is 3.90. The Morgan fingerprint density at radius 2 is 1.67 bits per heavy atom. The third kappa shape index (κ3) is 8.50. The highest BCUT2D eigenvalue weighted by Crippen LogP contribution is 2.56. The molecule has 0 rings (SSSR count). The Morgan fingerprint density at radius 1 is 1.33 bits per heavy atom. The highest BCUT2D eigenvalue weighted by molar-refractivity contribution is 8.55. The van der Waals surface area contributed by atoms with E-state index in [0.717, 1.165) is 0 Å². The average molecular weight is 170 g/mol.